The lowest BCUT2D eigenvalue weighted by atomic mass is 9.76. The molecule has 2 heterocycles. The fourth-order valence-corrected chi connectivity index (χ4v) is 2.65. The number of H-pyrrole nitrogens is 1. The van der Waals surface area contributed by atoms with Crippen molar-refractivity contribution in [1.29, 1.82) is 0 Å². The van der Waals surface area contributed by atoms with Crippen molar-refractivity contribution in [1.82, 2.24) is 15.3 Å². The molecule has 1 saturated carbocycles. The first kappa shape index (κ1) is 9.36. The van der Waals surface area contributed by atoms with Gasteiger partial charge in [0.2, 0.25) is 0 Å². The molecule has 0 bridgehead atoms. The van der Waals surface area contributed by atoms with Crippen LogP contribution in [0.2, 0.25) is 0 Å². The minimum absolute atomic E-state index is 0.198. The maximum atomic E-state index is 9.25. The van der Waals surface area contributed by atoms with E-state index in [1.165, 1.54) is 30.7 Å². The minimum Gasteiger partial charge on any atom is -0.395 e. The third kappa shape index (κ3) is 1.48. The number of rotatable bonds is 2. The molecular formula is C11H17N3O. The molecule has 0 aromatic carbocycles. The predicted octanol–water partition coefficient (Wildman–Crippen LogP) is 0.757. The molecule has 0 radical (unpaired) electrons. The molecule has 2 unspecified atom stereocenters. The van der Waals surface area contributed by atoms with Crippen LogP contribution in [0.4, 0.5) is 0 Å². The number of aromatic nitrogens is 2. The van der Waals surface area contributed by atoms with E-state index in [-0.39, 0.29) is 12.6 Å². The number of aliphatic hydroxyl groups is 1. The highest BCUT2D eigenvalue weighted by Gasteiger charge is 2.36. The Hall–Kier alpha value is -0.870. The molecule has 15 heavy (non-hydrogen) atoms. The van der Waals surface area contributed by atoms with Crippen molar-refractivity contribution in [2.45, 2.75) is 37.8 Å². The van der Waals surface area contributed by atoms with Crippen LogP contribution >= 0.6 is 0 Å². The van der Waals surface area contributed by atoms with E-state index in [0.29, 0.717) is 6.04 Å². The lowest BCUT2D eigenvalue weighted by Crippen LogP contribution is -2.45. The Balaban J connectivity index is 1.87. The lowest BCUT2D eigenvalue weighted by molar-refractivity contribution is 0.165. The van der Waals surface area contributed by atoms with Crippen molar-refractivity contribution >= 4 is 0 Å². The summed E-state index contributed by atoms with van der Waals surface area (Å²) in [5, 5.41) is 12.8. The molecule has 3 N–H and O–H groups in total. The molecular weight excluding hydrogens is 190 g/mol. The van der Waals surface area contributed by atoms with Gasteiger partial charge in [0.1, 0.15) is 0 Å². The van der Waals surface area contributed by atoms with Crippen LogP contribution in [0.15, 0.2) is 6.33 Å². The molecule has 1 aliphatic heterocycles. The first-order valence-electron chi connectivity index (χ1n) is 5.77. The largest absolute Gasteiger partial charge is 0.395 e. The molecule has 2 atom stereocenters. The Morgan fingerprint density at radius 3 is 3.00 bits per heavy atom. The van der Waals surface area contributed by atoms with Gasteiger partial charge in [0.15, 0.2) is 0 Å². The highest BCUT2D eigenvalue weighted by Crippen LogP contribution is 2.39. The van der Waals surface area contributed by atoms with Crippen LogP contribution in [-0.4, -0.2) is 27.7 Å². The number of aliphatic hydroxyl groups excluding tert-OH is 1. The summed E-state index contributed by atoms with van der Waals surface area (Å²) < 4.78 is 0. The molecule has 1 aromatic heterocycles. The maximum absolute atomic E-state index is 9.25. The Bertz CT molecular complexity index is 345. The van der Waals surface area contributed by atoms with Gasteiger partial charge in [-0.15, -0.1) is 0 Å². The van der Waals surface area contributed by atoms with Crippen LogP contribution in [0.25, 0.3) is 0 Å². The summed E-state index contributed by atoms with van der Waals surface area (Å²) in [6, 6.07) is 0.564. The Labute approximate surface area is 89.1 Å². The second-order valence-electron chi connectivity index (χ2n) is 4.69. The van der Waals surface area contributed by atoms with Gasteiger partial charge in [-0.05, 0) is 18.8 Å². The highest BCUT2D eigenvalue weighted by atomic mass is 16.3. The van der Waals surface area contributed by atoms with Gasteiger partial charge in [-0.25, -0.2) is 4.98 Å². The summed E-state index contributed by atoms with van der Waals surface area (Å²) in [5.41, 5.74) is 2.40. The third-order valence-corrected chi connectivity index (χ3v) is 3.75. The molecule has 4 heteroatoms. The van der Waals surface area contributed by atoms with E-state index >= 15 is 0 Å². The molecule has 0 amide bonds. The zero-order valence-electron chi connectivity index (χ0n) is 8.74. The van der Waals surface area contributed by atoms with Crippen molar-refractivity contribution in [3.05, 3.63) is 17.7 Å². The summed E-state index contributed by atoms with van der Waals surface area (Å²) in [7, 11) is 0. The first-order chi connectivity index (χ1) is 7.38. The normalized spacial score (nSPS) is 31.0. The van der Waals surface area contributed by atoms with Crippen LogP contribution in [0.1, 0.15) is 36.7 Å². The number of hydrogen-bond acceptors (Lipinski definition) is 3. The lowest BCUT2D eigenvalue weighted by Gasteiger charge is -2.38. The van der Waals surface area contributed by atoms with E-state index < -0.39 is 0 Å². The molecule has 1 aliphatic carbocycles. The Kier molecular flexibility index (Phi) is 2.25. The van der Waals surface area contributed by atoms with Gasteiger partial charge in [-0.1, -0.05) is 6.42 Å². The first-order valence-corrected chi connectivity index (χ1v) is 5.77. The second-order valence-corrected chi connectivity index (χ2v) is 4.69. The van der Waals surface area contributed by atoms with Crippen molar-refractivity contribution in [3.63, 3.8) is 0 Å². The Morgan fingerprint density at radius 1 is 1.47 bits per heavy atom. The number of nitrogens with zero attached hydrogens (tertiary/aromatic N) is 1. The fraction of sp³-hybridized carbons (Fsp3) is 0.727. The summed E-state index contributed by atoms with van der Waals surface area (Å²) >= 11 is 0. The highest BCUT2D eigenvalue weighted by molar-refractivity contribution is 5.22. The molecule has 1 fully saturated rings. The van der Waals surface area contributed by atoms with Crippen molar-refractivity contribution in [2.75, 3.05) is 6.61 Å². The van der Waals surface area contributed by atoms with E-state index in [4.69, 9.17) is 0 Å². The van der Waals surface area contributed by atoms with Gasteiger partial charge in [0, 0.05) is 18.2 Å². The maximum Gasteiger partial charge on any atom is 0.0925 e. The fourth-order valence-electron chi connectivity index (χ4n) is 2.65. The van der Waals surface area contributed by atoms with Crippen LogP contribution in [0.5, 0.6) is 0 Å². The number of imidazole rings is 1. The molecule has 0 spiro atoms. The van der Waals surface area contributed by atoms with Crippen LogP contribution in [-0.2, 0) is 6.42 Å². The zero-order chi connectivity index (χ0) is 10.3. The average Bonchev–Trinajstić information content (AvgIpc) is 2.62. The molecule has 4 nitrogen and oxygen atoms in total. The molecule has 1 aromatic rings. The summed E-state index contributed by atoms with van der Waals surface area (Å²) in [5.74, 6) is 0.724. The smallest absolute Gasteiger partial charge is 0.0925 e. The van der Waals surface area contributed by atoms with E-state index in [2.05, 4.69) is 15.3 Å². The second kappa shape index (κ2) is 3.61. The quantitative estimate of drug-likeness (QED) is 0.671. The van der Waals surface area contributed by atoms with Gasteiger partial charge in [-0.3, -0.25) is 0 Å². The van der Waals surface area contributed by atoms with Crippen molar-refractivity contribution < 1.29 is 5.11 Å². The summed E-state index contributed by atoms with van der Waals surface area (Å²) in [6.45, 7) is 0.210. The standard InChI is InChI=1S/C11H17N3O/c15-5-8-4-9-11(13-6-12-9)10(14-8)7-2-1-3-7/h6-8,10,14-15H,1-5H2,(H,12,13). The zero-order valence-corrected chi connectivity index (χ0v) is 8.74. The van der Waals surface area contributed by atoms with Crippen LogP contribution < -0.4 is 5.32 Å². The summed E-state index contributed by atoms with van der Waals surface area (Å²) in [4.78, 5) is 7.60. The number of nitrogens with one attached hydrogen (secondary N) is 2. The number of fused-ring (bicyclic) bond motifs is 1. The average molecular weight is 207 g/mol. The van der Waals surface area contributed by atoms with E-state index in [0.717, 1.165) is 12.3 Å². The van der Waals surface area contributed by atoms with Gasteiger partial charge < -0.3 is 15.4 Å². The van der Waals surface area contributed by atoms with E-state index in [9.17, 15) is 5.11 Å². The molecule has 0 saturated heterocycles. The van der Waals surface area contributed by atoms with Crippen molar-refractivity contribution in [2.24, 2.45) is 5.92 Å². The predicted molar refractivity (Wildman–Crippen MR) is 56.4 cm³/mol. The molecule has 3 rings (SSSR count). The van der Waals surface area contributed by atoms with Gasteiger partial charge in [0.05, 0.1) is 24.7 Å². The van der Waals surface area contributed by atoms with E-state index in [1.807, 2.05) is 0 Å². The van der Waals surface area contributed by atoms with Crippen LogP contribution in [0, 0.1) is 5.92 Å². The topological polar surface area (TPSA) is 60.9 Å². The molecule has 82 valence electrons. The van der Waals surface area contributed by atoms with E-state index in [1.54, 1.807) is 6.33 Å². The summed E-state index contributed by atoms with van der Waals surface area (Å²) in [6.07, 6.45) is 6.57. The number of hydrogen-bond donors (Lipinski definition) is 3. The third-order valence-electron chi connectivity index (χ3n) is 3.75. The Morgan fingerprint density at radius 2 is 2.33 bits per heavy atom. The van der Waals surface area contributed by atoms with Gasteiger partial charge in [-0.2, -0.15) is 0 Å². The van der Waals surface area contributed by atoms with Gasteiger partial charge in [0.25, 0.3) is 0 Å². The monoisotopic (exact) mass is 207 g/mol. The van der Waals surface area contributed by atoms with Crippen molar-refractivity contribution in [3.8, 4) is 0 Å². The molecule has 2 aliphatic rings. The van der Waals surface area contributed by atoms with Crippen LogP contribution in [0.3, 0.4) is 0 Å². The number of aromatic amines is 1. The SMILES string of the molecule is OCC1Cc2[nH]cnc2C(C2CCC2)N1. The minimum atomic E-state index is 0.198. The van der Waals surface area contributed by atoms with Gasteiger partial charge >= 0.3 is 0 Å².